The van der Waals surface area contributed by atoms with E-state index in [1.54, 1.807) is 6.07 Å². The van der Waals surface area contributed by atoms with Gasteiger partial charge in [0.1, 0.15) is 0 Å². The topological polar surface area (TPSA) is 41.6 Å². The number of hydrogen-bond acceptors (Lipinski definition) is 2. The summed E-state index contributed by atoms with van der Waals surface area (Å²) >= 11 is 11.8. The lowest BCUT2D eigenvalue weighted by Gasteiger charge is -2.00. The highest BCUT2D eigenvalue weighted by atomic mass is 35.5. The summed E-state index contributed by atoms with van der Waals surface area (Å²) in [6, 6.07) is 9.32. The molecular weight excluding hydrogens is 269 g/mol. The zero-order chi connectivity index (χ0) is 12.7. The molecule has 18 heavy (non-hydrogen) atoms. The molecule has 1 aromatic carbocycles. The minimum atomic E-state index is 0.384. The Morgan fingerprint density at radius 2 is 1.89 bits per heavy atom. The van der Waals surface area contributed by atoms with Gasteiger partial charge < -0.3 is 4.98 Å². The van der Waals surface area contributed by atoms with Crippen LogP contribution in [0, 0.1) is 6.92 Å². The van der Waals surface area contributed by atoms with Crippen LogP contribution in [0.1, 0.15) is 5.69 Å². The summed E-state index contributed by atoms with van der Waals surface area (Å²) < 4.78 is 0. The van der Waals surface area contributed by atoms with Gasteiger partial charge in [-0.2, -0.15) is 0 Å². The second-order valence-electron chi connectivity index (χ2n) is 4.06. The first-order valence-electron chi connectivity index (χ1n) is 5.42. The number of aromatic nitrogens is 3. The minimum Gasteiger partial charge on any atom is -0.358 e. The molecule has 1 N–H and O–H groups in total. The Morgan fingerprint density at radius 1 is 1.06 bits per heavy atom. The monoisotopic (exact) mass is 277 g/mol. The highest BCUT2D eigenvalue weighted by Crippen LogP contribution is 2.32. The smallest absolute Gasteiger partial charge is 0.151 e. The Bertz CT molecular complexity index is 717. The van der Waals surface area contributed by atoms with Crippen molar-refractivity contribution in [3.05, 3.63) is 46.2 Å². The molecule has 0 spiro atoms. The fourth-order valence-corrected chi connectivity index (χ4v) is 2.35. The van der Waals surface area contributed by atoms with Gasteiger partial charge in [0.15, 0.2) is 5.15 Å². The van der Waals surface area contributed by atoms with Crippen LogP contribution in [0.2, 0.25) is 10.2 Å². The average molecular weight is 278 g/mol. The molecule has 0 bridgehead atoms. The molecule has 2 aromatic heterocycles. The lowest BCUT2D eigenvalue weighted by Crippen LogP contribution is -1.88. The van der Waals surface area contributed by atoms with Crippen LogP contribution >= 0.6 is 23.2 Å². The molecule has 2 heterocycles. The number of aromatic amines is 1. The van der Waals surface area contributed by atoms with Gasteiger partial charge in [0.05, 0.1) is 5.69 Å². The van der Waals surface area contributed by atoms with Gasteiger partial charge >= 0.3 is 0 Å². The quantitative estimate of drug-likeness (QED) is 0.723. The first-order chi connectivity index (χ1) is 8.65. The number of halogens is 2. The lowest BCUT2D eigenvalue weighted by atomic mass is 10.1. The van der Waals surface area contributed by atoms with Crippen molar-refractivity contribution in [3.63, 3.8) is 0 Å². The molecule has 0 saturated carbocycles. The van der Waals surface area contributed by atoms with E-state index in [2.05, 4.69) is 15.2 Å². The van der Waals surface area contributed by atoms with Crippen LogP contribution in [-0.4, -0.2) is 15.2 Å². The van der Waals surface area contributed by atoms with Crippen molar-refractivity contribution in [2.75, 3.05) is 0 Å². The van der Waals surface area contributed by atoms with E-state index in [-0.39, 0.29) is 0 Å². The van der Waals surface area contributed by atoms with Crippen molar-refractivity contribution in [2.45, 2.75) is 6.92 Å². The molecule has 0 unspecified atom stereocenters. The Morgan fingerprint density at radius 3 is 2.61 bits per heavy atom. The standard InChI is InChI=1S/C13H9Cl2N3/c1-7-13(11-4-5-12(15)18-17-11)9-6-8(14)2-3-10(9)16-7/h2-6,16H,1H3. The molecule has 0 aliphatic rings. The van der Waals surface area contributed by atoms with Gasteiger partial charge in [0.25, 0.3) is 0 Å². The summed E-state index contributed by atoms with van der Waals surface area (Å²) in [6.45, 7) is 2.00. The van der Waals surface area contributed by atoms with Crippen molar-refractivity contribution in [2.24, 2.45) is 0 Å². The van der Waals surface area contributed by atoms with Gasteiger partial charge in [-0.1, -0.05) is 23.2 Å². The molecule has 0 amide bonds. The maximum absolute atomic E-state index is 6.04. The molecule has 3 aromatic rings. The number of nitrogens with one attached hydrogen (secondary N) is 1. The predicted octanol–water partition coefficient (Wildman–Crippen LogP) is 4.24. The molecule has 0 radical (unpaired) electrons. The van der Waals surface area contributed by atoms with E-state index in [1.807, 2.05) is 31.2 Å². The number of rotatable bonds is 1. The Hall–Kier alpha value is -1.58. The number of benzene rings is 1. The Kier molecular flexibility index (Phi) is 2.73. The van der Waals surface area contributed by atoms with E-state index in [0.717, 1.165) is 27.9 Å². The number of H-pyrrole nitrogens is 1. The third-order valence-corrected chi connectivity index (χ3v) is 3.27. The van der Waals surface area contributed by atoms with Gasteiger partial charge in [-0.25, -0.2) is 0 Å². The van der Waals surface area contributed by atoms with Crippen molar-refractivity contribution in [3.8, 4) is 11.3 Å². The molecule has 3 nitrogen and oxygen atoms in total. The van der Waals surface area contributed by atoms with Gasteiger partial charge in [0.2, 0.25) is 0 Å². The maximum atomic E-state index is 6.04. The van der Waals surface area contributed by atoms with Crippen LogP contribution in [0.25, 0.3) is 22.2 Å². The van der Waals surface area contributed by atoms with Crippen LogP contribution in [0.3, 0.4) is 0 Å². The Balaban J connectivity index is 2.30. The van der Waals surface area contributed by atoms with Crippen LogP contribution in [0.15, 0.2) is 30.3 Å². The maximum Gasteiger partial charge on any atom is 0.151 e. The van der Waals surface area contributed by atoms with Gasteiger partial charge in [-0.15, -0.1) is 10.2 Å². The highest BCUT2D eigenvalue weighted by Gasteiger charge is 2.12. The number of fused-ring (bicyclic) bond motifs is 1. The molecule has 5 heteroatoms. The highest BCUT2D eigenvalue weighted by molar-refractivity contribution is 6.31. The van der Waals surface area contributed by atoms with E-state index in [9.17, 15) is 0 Å². The molecule has 0 saturated heterocycles. The summed E-state index contributed by atoms with van der Waals surface area (Å²) in [6.07, 6.45) is 0. The fourth-order valence-electron chi connectivity index (χ4n) is 2.08. The van der Waals surface area contributed by atoms with Gasteiger partial charge in [-0.05, 0) is 37.3 Å². The van der Waals surface area contributed by atoms with E-state index < -0.39 is 0 Å². The summed E-state index contributed by atoms with van der Waals surface area (Å²) in [7, 11) is 0. The van der Waals surface area contributed by atoms with Crippen LogP contribution in [0.4, 0.5) is 0 Å². The molecular formula is C13H9Cl2N3. The van der Waals surface area contributed by atoms with Crippen molar-refractivity contribution < 1.29 is 0 Å². The van der Waals surface area contributed by atoms with E-state index in [0.29, 0.717) is 10.2 Å². The van der Waals surface area contributed by atoms with Gasteiger partial charge in [-0.3, -0.25) is 0 Å². The molecule has 0 aliphatic heterocycles. The molecule has 3 rings (SSSR count). The van der Waals surface area contributed by atoms with Crippen LogP contribution in [-0.2, 0) is 0 Å². The molecule has 90 valence electrons. The van der Waals surface area contributed by atoms with Crippen LogP contribution in [0.5, 0.6) is 0 Å². The number of hydrogen-bond donors (Lipinski definition) is 1. The number of aryl methyl sites for hydroxylation is 1. The first-order valence-corrected chi connectivity index (χ1v) is 6.18. The number of nitrogens with zero attached hydrogens (tertiary/aromatic N) is 2. The average Bonchev–Trinajstić information content (AvgIpc) is 2.66. The lowest BCUT2D eigenvalue weighted by molar-refractivity contribution is 1.04. The molecule has 0 fully saturated rings. The van der Waals surface area contributed by atoms with Crippen molar-refractivity contribution >= 4 is 34.1 Å². The Labute approximate surface area is 114 Å². The van der Waals surface area contributed by atoms with E-state index >= 15 is 0 Å². The summed E-state index contributed by atoms with van der Waals surface area (Å²) in [4.78, 5) is 3.31. The van der Waals surface area contributed by atoms with Crippen molar-refractivity contribution in [1.82, 2.24) is 15.2 Å². The summed E-state index contributed by atoms with van der Waals surface area (Å²) in [5, 5.41) is 10.1. The predicted molar refractivity (Wildman–Crippen MR) is 74.1 cm³/mol. The van der Waals surface area contributed by atoms with Crippen molar-refractivity contribution in [1.29, 1.82) is 0 Å². The summed E-state index contributed by atoms with van der Waals surface area (Å²) in [5.74, 6) is 0. The minimum absolute atomic E-state index is 0.384. The second-order valence-corrected chi connectivity index (χ2v) is 4.88. The molecule has 0 aliphatic carbocycles. The normalized spacial score (nSPS) is 11.1. The zero-order valence-corrected chi connectivity index (χ0v) is 11.0. The van der Waals surface area contributed by atoms with Crippen LogP contribution < -0.4 is 0 Å². The summed E-state index contributed by atoms with van der Waals surface area (Å²) in [5.41, 5.74) is 3.86. The van der Waals surface area contributed by atoms with E-state index in [1.165, 1.54) is 0 Å². The third-order valence-electron chi connectivity index (χ3n) is 2.84. The van der Waals surface area contributed by atoms with Gasteiger partial charge in [0, 0.05) is 27.2 Å². The fraction of sp³-hybridized carbons (Fsp3) is 0.0769. The second kappa shape index (κ2) is 4.26. The molecule has 0 atom stereocenters. The third kappa shape index (κ3) is 1.85. The zero-order valence-electron chi connectivity index (χ0n) is 9.54. The largest absolute Gasteiger partial charge is 0.358 e. The van der Waals surface area contributed by atoms with E-state index in [4.69, 9.17) is 23.2 Å². The first kappa shape index (κ1) is 11.5. The SMILES string of the molecule is Cc1[nH]c2ccc(Cl)cc2c1-c1ccc(Cl)nn1.